The Balaban J connectivity index is 1.13. The Labute approximate surface area is 286 Å². The maximum Gasteiger partial charge on any atom is 0.270 e. The van der Waals surface area contributed by atoms with Gasteiger partial charge in [-0.2, -0.15) is 0 Å². The molecule has 2 heterocycles. The molecular weight excluding hydrogens is 638 g/mol. The molecule has 15 heteroatoms. The Kier molecular flexibility index (Phi) is 17.7. The molecule has 0 radical (unpaired) electrons. The number of benzene rings is 1. The third-order valence-electron chi connectivity index (χ3n) is 7.25. The highest BCUT2D eigenvalue weighted by Crippen LogP contribution is 2.19. The smallest absolute Gasteiger partial charge is 0.270 e. The predicted octanol–water partition coefficient (Wildman–Crippen LogP) is 0.0977. The number of carbonyl (C=O) groups is 4. The monoisotopic (exact) mass is 685 g/mol. The van der Waals surface area contributed by atoms with Gasteiger partial charge in [0.05, 0.1) is 78.6 Å². The van der Waals surface area contributed by atoms with Gasteiger partial charge in [-0.15, -0.1) is 0 Å². The van der Waals surface area contributed by atoms with Gasteiger partial charge in [-0.25, -0.2) is 4.98 Å². The normalized spacial score (nSPS) is 13.9. The summed E-state index contributed by atoms with van der Waals surface area (Å²) in [6.07, 6.45) is 3.33. The summed E-state index contributed by atoms with van der Waals surface area (Å²) in [4.78, 5) is 54.3. The fourth-order valence-electron chi connectivity index (χ4n) is 4.68. The van der Waals surface area contributed by atoms with Gasteiger partial charge in [0.15, 0.2) is 0 Å². The second kappa shape index (κ2) is 22.3. The van der Waals surface area contributed by atoms with Crippen LogP contribution < -0.4 is 20.7 Å². The van der Waals surface area contributed by atoms with Gasteiger partial charge in [-0.1, -0.05) is 36.9 Å². The van der Waals surface area contributed by atoms with Crippen molar-refractivity contribution in [2.24, 2.45) is 0 Å². The van der Waals surface area contributed by atoms with Crippen LogP contribution in [0.25, 0.3) is 6.08 Å². The summed E-state index contributed by atoms with van der Waals surface area (Å²) in [6.45, 7) is 7.16. The lowest BCUT2D eigenvalue weighted by molar-refractivity contribution is -0.133. The van der Waals surface area contributed by atoms with E-state index in [-0.39, 0.29) is 62.7 Å². The molecule has 268 valence electrons. The summed E-state index contributed by atoms with van der Waals surface area (Å²) in [6, 6.07) is 9.05. The molecule has 1 saturated heterocycles. The van der Waals surface area contributed by atoms with Crippen LogP contribution >= 0.6 is 0 Å². The predicted molar refractivity (Wildman–Crippen MR) is 179 cm³/mol. The Morgan fingerprint density at radius 3 is 2.31 bits per heavy atom. The molecule has 1 aromatic heterocycles. The maximum absolute atomic E-state index is 12.6. The second-order valence-electron chi connectivity index (χ2n) is 11.0. The van der Waals surface area contributed by atoms with E-state index in [4.69, 9.17) is 23.7 Å². The number of amides is 4. The number of carbonyl (C=O) groups excluding carboxylic acids is 4. The average Bonchev–Trinajstić information content (AvgIpc) is 3.55. The van der Waals surface area contributed by atoms with Crippen molar-refractivity contribution in [2.75, 3.05) is 86.1 Å². The van der Waals surface area contributed by atoms with Gasteiger partial charge in [0.1, 0.15) is 18.1 Å². The number of nitrogens with zero attached hydrogens (tertiary/aromatic N) is 2. The third kappa shape index (κ3) is 15.1. The summed E-state index contributed by atoms with van der Waals surface area (Å²) < 4.78 is 26.8. The van der Waals surface area contributed by atoms with Crippen LogP contribution in [0.3, 0.4) is 0 Å². The number of aromatic nitrogens is 1. The van der Waals surface area contributed by atoms with Gasteiger partial charge < -0.3 is 49.6 Å². The van der Waals surface area contributed by atoms with Crippen LogP contribution in [-0.4, -0.2) is 131 Å². The molecule has 15 nitrogen and oxygen atoms in total. The number of aliphatic hydroxyl groups is 1. The summed E-state index contributed by atoms with van der Waals surface area (Å²) in [5, 5.41) is 17.6. The van der Waals surface area contributed by atoms with Crippen molar-refractivity contribution in [3.8, 4) is 5.75 Å². The molecule has 49 heavy (non-hydrogen) atoms. The molecule has 1 atom stereocenters. The van der Waals surface area contributed by atoms with Crippen LogP contribution in [0, 0.1) is 0 Å². The molecular formula is C34H47N5O10. The molecule has 1 aromatic carbocycles. The molecule has 0 aliphatic carbocycles. The summed E-state index contributed by atoms with van der Waals surface area (Å²) in [5.41, 5.74) is 2.59. The molecule has 1 aliphatic heterocycles. The highest BCUT2D eigenvalue weighted by Gasteiger charge is 2.24. The second-order valence-corrected chi connectivity index (χ2v) is 11.0. The quantitative estimate of drug-likeness (QED) is 0.116. The molecule has 0 unspecified atom stereocenters. The maximum atomic E-state index is 12.6. The molecule has 4 amide bonds. The van der Waals surface area contributed by atoms with Gasteiger partial charge in [0.25, 0.3) is 5.91 Å². The molecule has 4 N–H and O–H groups in total. The summed E-state index contributed by atoms with van der Waals surface area (Å²) in [5.74, 6) is -0.563. The molecule has 3 rings (SSSR count). The lowest BCUT2D eigenvalue weighted by atomic mass is 10.1. The number of β-amino-alcohol motifs (C(OH)–C–C–N with tert-alkyl or cyclic N) is 1. The molecule has 0 saturated carbocycles. The fraction of sp³-hybridized carbons (Fsp3) is 0.500. The van der Waals surface area contributed by atoms with Crippen molar-refractivity contribution in [1.29, 1.82) is 0 Å². The van der Waals surface area contributed by atoms with E-state index in [1.54, 1.807) is 12.1 Å². The molecule has 2 aromatic rings. The first-order chi connectivity index (χ1) is 23.8. The Morgan fingerprint density at radius 2 is 1.63 bits per heavy atom. The topological polar surface area (TPSA) is 187 Å². The number of ether oxygens (including phenoxy) is 5. The van der Waals surface area contributed by atoms with Crippen molar-refractivity contribution < 1.29 is 48.0 Å². The van der Waals surface area contributed by atoms with E-state index in [0.717, 1.165) is 11.1 Å². The molecule has 1 aliphatic rings. The largest absolute Gasteiger partial charge is 0.495 e. The van der Waals surface area contributed by atoms with E-state index >= 15 is 0 Å². The number of hydrogen-bond donors (Lipinski definition) is 4. The number of likely N-dealkylation sites (tertiary alicyclic amines) is 1. The highest BCUT2D eigenvalue weighted by molar-refractivity contribution is 5.93. The van der Waals surface area contributed by atoms with Crippen molar-refractivity contribution in [3.63, 3.8) is 0 Å². The number of aliphatic hydroxyl groups excluding tert-OH is 1. The summed E-state index contributed by atoms with van der Waals surface area (Å²) >= 11 is 0. The number of hydrogen-bond acceptors (Lipinski definition) is 11. The van der Waals surface area contributed by atoms with Crippen molar-refractivity contribution >= 4 is 29.7 Å². The van der Waals surface area contributed by atoms with Gasteiger partial charge in [-0.3, -0.25) is 19.2 Å². The van der Waals surface area contributed by atoms with Crippen molar-refractivity contribution in [3.05, 3.63) is 65.5 Å². The van der Waals surface area contributed by atoms with Gasteiger partial charge in [0.2, 0.25) is 17.7 Å². The first-order valence-electron chi connectivity index (χ1n) is 16.1. The van der Waals surface area contributed by atoms with Crippen molar-refractivity contribution in [1.82, 2.24) is 25.8 Å². The number of methoxy groups -OCH3 is 1. The fourth-order valence-corrected chi connectivity index (χ4v) is 4.68. The third-order valence-corrected chi connectivity index (χ3v) is 7.25. The number of nitrogens with one attached hydrogen (secondary N) is 3. The molecule has 0 bridgehead atoms. The zero-order chi connectivity index (χ0) is 35.3. The van der Waals surface area contributed by atoms with Crippen molar-refractivity contribution in [2.45, 2.75) is 25.5 Å². The first-order valence-corrected chi connectivity index (χ1v) is 16.1. The average molecular weight is 686 g/mol. The van der Waals surface area contributed by atoms with Crippen LogP contribution in [0.4, 0.5) is 0 Å². The van der Waals surface area contributed by atoms with Gasteiger partial charge >= 0.3 is 0 Å². The van der Waals surface area contributed by atoms with Crippen LogP contribution in [0.2, 0.25) is 0 Å². The lowest BCUT2D eigenvalue weighted by Crippen LogP contribution is -2.40. The lowest BCUT2D eigenvalue weighted by Gasteiger charge is -2.15. The Morgan fingerprint density at radius 1 is 0.939 bits per heavy atom. The van der Waals surface area contributed by atoms with E-state index in [0.29, 0.717) is 70.4 Å². The Hall–Kier alpha value is -4.41. The minimum absolute atomic E-state index is 0.120. The van der Waals surface area contributed by atoms with E-state index in [9.17, 15) is 24.3 Å². The zero-order valence-electron chi connectivity index (χ0n) is 27.9. The van der Waals surface area contributed by atoms with E-state index < -0.39 is 12.0 Å². The van der Waals surface area contributed by atoms with Crippen LogP contribution in [0.1, 0.15) is 33.6 Å². The van der Waals surface area contributed by atoms with Gasteiger partial charge in [-0.05, 0) is 23.6 Å². The zero-order valence-corrected chi connectivity index (χ0v) is 27.9. The van der Waals surface area contributed by atoms with Crippen LogP contribution in [-0.2, 0) is 46.3 Å². The standard InChI is InChI=1S/C34H47N5O10/c1-3-27-19-29(36-21-30(27)45-2)34(44)38-20-26-6-4-5-25(17-26)18-31(41)35-8-10-46-11-12-47-13-14-48-15-16-49-24-32(42)37-22-33(43)39-9-7-28(40)23-39/h3-6,17,19,21,28,40H,1,7-16,18,20,22-24H2,2H3,(H,35,41)(H,37,42)(H,38,44)/t28-/m1/s1. The van der Waals surface area contributed by atoms with E-state index in [2.05, 4.69) is 27.5 Å². The molecule has 1 fully saturated rings. The van der Waals surface area contributed by atoms with Crippen LogP contribution in [0.15, 0.2) is 43.1 Å². The SMILES string of the molecule is C=Cc1cc(C(=O)NCc2cccc(CC(=O)NCCOCCOCCOCCOCC(=O)NCC(=O)N3CC[C@@H](O)C3)c2)ncc1OC. The van der Waals surface area contributed by atoms with E-state index in [1.165, 1.54) is 18.2 Å². The first kappa shape index (κ1) is 39.0. The number of pyridine rings is 1. The minimum atomic E-state index is -0.495. The Bertz CT molecular complexity index is 1370. The van der Waals surface area contributed by atoms with Crippen LogP contribution in [0.5, 0.6) is 5.75 Å². The number of rotatable bonds is 23. The van der Waals surface area contributed by atoms with Gasteiger partial charge in [0, 0.05) is 31.7 Å². The highest BCUT2D eigenvalue weighted by atomic mass is 16.6. The summed E-state index contributed by atoms with van der Waals surface area (Å²) in [7, 11) is 1.52. The van der Waals surface area contributed by atoms with E-state index in [1.807, 2.05) is 24.3 Å². The minimum Gasteiger partial charge on any atom is -0.495 e. The molecule has 0 spiro atoms.